The predicted molar refractivity (Wildman–Crippen MR) is 94.6 cm³/mol. The Morgan fingerprint density at radius 2 is 2.12 bits per heavy atom. The zero-order chi connectivity index (χ0) is 17.1. The fourth-order valence-electron chi connectivity index (χ4n) is 2.91. The smallest absolute Gasteiger partial charge is 0.226 e. The van der Waals surface area contributed by atoms with Gasteiger partial charge >= 0.3 is 0 Å². The summed E-state index contributed by atoms with van der Waals surface area (Å²) >= 11 is 0. The van der Waals surface area contributed by atoms with Crippen LogP contribution in [0.1, 0.15) is 6.42 Å². The van der Waals surface area contributed by atoms with Crippen LogP contribution in [-0.2, 0) is 0 Å². The predicted octanol–water partition coefficient (Wildman–Crippen LogP) is 1.96. The molecule has 1 aliphatic heterocycles. The quantitative estimate of drug-likeness (QED) is 0.735. The van der Waals surface area contributed by atoms with Crippen molar-refractivity contribution in [3.05, 3.63) is 42.9 Å². The van der Waals surface area contributed by atoms with Gasteiger partial charge in [0.2, 0.25) is 17.8 Å². The van der Waals surface area contributed by atoms with E-state index in [1.54, 1.807) is 25.6 Å². The molecule has 8 nitrogen and oxygen atoms in total. The fraction of sp³-hybridized carbons (Fsp3) is 0.294. The molecule has 0 spiro atoms. The van der Waals surface area contributed by atoms with Gasteiger partial charge in [0.1, 0.15) is 0 Å². The van der Waals surface area contributed by atoms with Gasteiger partial charge < -0.3 is 19.9 Å². The van der Waals surface area contributed by atoms with Gasteiger partial charge in [0.15, 0.2) is 0 Å². The van der Waals surface area contributed by atoms with Crippen LogP contribution in [0.25, 0.3) is 11.4 Å². The topological polar surface area (TPSA) is 91.8 Å². The largest absolute Gasteiger partial charge is 0.481 e. The summed E-state index contributed by atoms with van der Waals surface area (Å²) in [6.07, 6.45) is 6.34. The molecule has 2 N–H and O–H groups in total. The lowest BCUT2D eigenvalue weighted by Crippen LogP contribution is -2.27. The Hall–Kier alpha value is -3.16. The Morgan fingerprint density at radius 1 is 1.20 bits per heavy atom. The standard InChI is InChI=1S/C17H19N7O/c1-25-15-5-9-19-16(23-15)21-12-6-10-24(11-12)17-20-8-4-14(22-17)13-3-2-7-18-13/h2-5,7-9,12,18H,6,10-11H2,1H3,(H,19,21,23). The van der Waals surface area contributed by atoms with Crippen LogP contribution in [0.3, 0.4) is 0 Å². The molecule has 3 aromatic heterocycles. The van der Waals surface area contributed by atoms with Gasteiger partial charge in [-0.2, -0.15) is 4.98 Å². The van der Waals surface area contributed by atoms with Crippen molar-refractivity contribution in [3.63, 3.8) is 0 Å². The number of H-pyrrole nitrogens is 1. The lowest BCUT2D eigenvalue weighted by molar-refractivity contribution is 0.397. The van der Waals surface area contributed by atoms with Crippen molar-refractivity contribution in [2.45, 2.75) is 12.5 Å². The Morgan fingerprint density at radius 3 is 2.96 bits per heavy atom. The van der Waals surface area contributed by atoms with E-state index in [4.69, 9.17) is 4.74 Å². The third kappa shape index (κ3) is 3.37. The number of anilines is 2. The van der Waals surface area contributed by atoms with E-state index < -0.39 is 0 Å². The molecule has 0 bridgehead atoms. The van der Waals surface area contributed by atoms with Crippen LogP contribution < -0.4 is 15.0 Å². The lowest BCUT2D eigenvalue weighted by Gasteiger charge is -2.17. The molecule has 0 aliphatic carbocycles. The molecule has 1 aliphatic rings. The minimum Gasteiger partial charge on any atom is -0.481 e. The number of rotatable bonds is 5. The first kappa shape index (κ1) is 15.4. The maximum Gasteiger partial charge on any atom is 0.226 e. The van der Waals surface area contributed by atoms with Crippen LogP contribution in [-0.4, -0.2) is 51.2 Å². The number of ether oxygens (including phenoxy) is 1. The van der Waals surface area contributed by atoms with Crippen molar-refractivity contribution < 1.29 is 4.74 Å². The molecule has 1 unspecified atom stereocenters. The summed E-state index contributed by atoms with van der Waals surface area (Å²) in [4.78, 5) is 23.0. The van der Waals surface area contributed by atoms with Crippen LogP contribution in [0.2, 0.25) is 0 Å². The van der Waals surface area contributed by atoms with Crippen molar-refractivity contribution in [1.82, 2.24) is 24.9 Å². The number of aromatic nitrogens is 5. The first-order valence-electron chi connectivity index (χ1n) is 8.17. The molecule has 25 heavy (non-hydrogen) atoms. The normalized spacial score (nSPS) is 16.8. The second kappa shape index (κ2) is 6.76. The Labute approximate surface area is 145 Å². The van der Waals surface area contributed by atoms with Crippen LogP contribution in [0.5, 0.6) is 5.88 Å². The summed E-state index contributed by atoms with van der Waals surface area (Å²) in [6, 6.07) is 7.84. The monoisotopic (exact) mass is 337 g/mol. The minimum absolute atomic E-state index is 0.241. The van der Waals surface area contributed by atoms with E-state index in [9.17, 15) is 0 Å². The molecule has 4 heterocycles. The molecule has 128 valence electrons. The molecule has 0 radical (unpaired) electrons. The van der Waals surface area contributed by atoms with Gasteiger partial charge in [0.05, 0.1) is 18.5 Å². The van der Waals surface area contributed by atoms with E-state index in [1.807, 2.05) is 24.4 Å². The molecule has 4 rings (SSSR count). The van der Waals surface area contributed by atoms with E-state index in [0.29, 0.717) is 11.8 Å². The Bertz CT molecular complexity index is 837. The molecule has 1 saturated heterocycles. The zero-order valence-electron chi connectivity index (χ0n) is 13.9. The average molecular weight is 337 g/mol. The zero-order valence-corrected chi connectivity index (χ0v) is 13.9. The third-order valence-electron chi connectivity index (χ3n) is 4.16. The highest BCUT2D eigenvalue weighted by Gasteiger charge is 2.25. The maximum atomic E-state index is 5.13. The van der Waals surface area contributed by atoms with E-state index in [2.05, 4.69) is 35.1 Å². The lowest BCUT2D eigenvalue weighted by atomic mass is 10.3. The fourth-order valence-corrected chi connectivity index (χ4v) is 2.91. The van der Waals surface area contributed by atoms with E-state index in [-0.39, 0.29) is 6.04 Å². The van der Waals surface area contributed by atoms with Gasteiger partial charge in [0.25, 0.3) is 0 Å². The van der Waals surface area contributed by atoms with Gasteiger partial charge in [0, 0.05) is 43.8 Å². The molecule has 0 saturated carbocycles. The van der Waals surface area contributed by atoms with Crippen molar-refractivity contribution in [2.75, 3.05) is 30.4 Å². The van der Waals surface area contributed by atoms with Crippen molar-refractivity contribution in [3.8, 4) is 17.3 Å². The molecular formula is C17H19N7O. The highest BCUT2D eigenvalue weighted by atomic mass is 16.5. The van der Waals surface area contributed by atoms with Gasteiger partial charge in [-0.05, 0) is 24.6 Å². The van der Waals surface area contributed by atoms with Gasteiger partial charge in [-0.3, -0.25) is 0 Å². The number of aromatic amines is 1. The van der Waals surface area contributed by atoms with E-state index in [0.717, 1.165) is 36.8 Å². The van der Waals surface area contributed by atoms with Gasteiger partial charge in [-0.1, -0.05) is 0 Å². The van der Waals surface area contributed by atoms with Crippen LogP contribution in [0, 0.1) is 0 Å². The summed E-state index contributed by atoms with van der Waals surface area (Å²) in [7, 11) is 1.60. The Balaban J connectivity index is 1.44. The molecule has 3 aromatic rings. The molecule has 8 heteroatoms. The minimum atomic E-state index is 0.241. The summed E-state index contributed by atoms with van der Waals surface area (Å²) in [6.45, 7) is 1.69. The van der Waals surface area contributed by atoms with Crippen LogP contribution in [0.4, 0.5) is 11.9 Å². The highest BCUT2D eigenvalue weighted by molar-refractivity contribution is 5.55. The SMILES string of the molecule is COc1ccnc(NC2CCN(c3nccc(-c4ccc[nH]4)n3)C2)n1. The molecule has 0 amide bonds. The summed E-state index contributed by atoms with van der Waals surface area (Å²) in [5, 5.41) is 3.35. The number of nitrogens with zero attached hydrogens (tertiary/aromatic N) is 5. The van der Waals surface area contributed by atoms with Crippen LogP contribution >= 0.6 is 0 Å². The maximum absolute atomic E-state index is 5.13. The summed E-state index contributed by atoms with van der Waals surface area (Å²) in [5.41, 5.74) is 1.88. The van der Waals surface area contributed by atoms with Crippen molar-refractivity contribution in [2.24, 2.45) is 0 Å². The first-order valence-corrected chi connectivity index (χ1v) is 8.17. The van der Waals surface area contributed by atoms with Crippen molar-refractivity contribution in [1.29, 1.82) is 0 Å². The average Bonchev–Trinajstić information content (AvgIpc) is 3.34. The number of nitrogens with one attached hydrogen (secondary N) is 2. The van der Waals surface area contributed by atoms with E-state index in [1.165, 1.54) is 0 Å². The van der Waals surface area contributed by atoms with E-state index >= 15 is 0 Å². The second-order valence-corrected chi connectivity index (χ2v) is 5.82. The van der Waals surface area contributed by atoms with Crippen LogP contribution in [0.15, 0.2) is 42.9 Å². The summed E-state index contributed by atoms with van der Waals surface area (Å²) in [5.74, 6) is 1.87. The first-order chi connectivity index (χ1) is 12.3. The second-order valence-electron chi connectivity index (χ2n) is 5.82. The third-order valence-corrected chi connectivity index (χ3v) is 4.16. The highest BCUT2D eigenvalue weighted by Crippen LogP contribution is 2.21. The summed E-state index contributed by atoms with van der Waals surface area (Å²) < 4.78 is 5.13. The Kier molecular flexibility index (Phi) is 4.16. The number of hydrogen-bond acceptors (Lipinski definition) is 7. The molecule has 0 aromatic carbocycles. The number of methoxy groups -OCH3 is 1. The molecule has 1 atom stereocenters. The number of hydrogen-bond donors (Lipinski definition) is 2. The van der Waals surface area contributed by atoms with Gasteiger partial charge in [-0.25, -0.2) is 15.0 Å². The van der Waals surface area contributed by atoms with Crippen molar-refractivity contribution >= 4 is 11.9 Å². The van der Waals surface area contributed by atoms with Gasteiger partial charge in [-0.15, -0.1) is 0 Å². The molecular weight excluding hydrogens is 318 g/mol. The molecule has 1 fully saturated rings.